The average molecular weight is 478 g/mol. The van der Waals surface area contributed by atoms with Crippen molar-refractivity contribution in [2.45, 2.75) is 36.6 Å². The van der Waals surface area contributed by atoms with Crippen LogP contribution in [0.3, 0.4) is 0 Å². The van der Waals surface area contributed by atoms with Gasteiger partial charge in [0.2, 0.25) is 0 Å². The number of halogens is 2. The summed E-state index contributed by atoms with van der Waals surface area (Å²) in [5, 5.41) is 1.56. The summed E-state index contributed by atoms with van der Waals surface area (Å²) >= 11 is 1.23. The highest BCUT2D eigenvalue weighted by Gasteiger charge is 2.32. The number of hydrogen-bond acceptors (Lipinski definition) is 6. The Labute approximate surface area is 191 Å². The lowest BCUT2D eigenvalue weighted by Crippen LogP contribution is -2.35. The molecule has 0 saturated carbocycles. The molecule has 0 radical (unpaired) electrons. The maximum absolute atomic E-state index is 15.2. The Morgan fingerprint density at radius 1 is 1.25 bits per heavy atom. The molecule has 1 saturated heterocycles. The zero-order valence-electron chi connectivity index (χ0n) is 18.0. The molecule has 2 aromatic carbocycles. The van der Waals surface area contributed by atoms with Gasteiger partial charge in [0.15, 0.2) is 9.84 Å². The molecule has 9 heteroatoms. The standard InChI is InChI=1S/C23H25F2N3O2S2/c1-16-21(27(2)19-8-9-28(12-19)11-17-6-4-3-5-7-17)10-20(24)23(22(16)25)32(29,30)14-18-13-31-15-26-18/h3-7,10,13,15,19H,8-9,11-12,14H2,1-2H3/t19-/m0/s1. The minimum absolute atomic E-state index is 0.0775. The van der Waals surface area contributed by atoms with Gasteiger partial charge in [0, 0.05) is 49.4 Å². The lowest BCUT2D eigenvalue weighted by atomic mass is 10.1. The van der Waals surface area contributed by atoms with Gasteiger partial charge in [-0.25, -0.2) is 22.2 Å². The van der Waals surface area contributed by atoms with Crippen LogP contribution in [0.2, 0.25) is 0 Å². The zero-order chi connectivity index (χ0) is 22.9. The fourth-order valence-corrected chi connectivity index (χ4v) is 6.36. The van der Waals surface area contributed by atoms with E-state index >= 15 is 4.39 Å². The van der Waals surface area contributed by atoms with E-state index in [2.05, 4.69) is 22.0 Å². The van der Waals surface area contributed by atoms with Crippen LogP contribution >= 0.6 is 11.3 Å². The highest BCUT2D eigenvalue weighted by Crippen LogP contribution is 2.33. The van der Waals surface area contributed by atoms with Crippen molar-refractivity contribution >= 4 is 26.9 Å². The third-order valence-corrected chi connectivity index (χ3v) is 8.26. The van der Waals surface area contributed by atoms with E-state index in [1.165, 1.54) is 29.3 Å². The van der Waals surface area contributed by atoms with Crippen molar-refractivity contribution in [3.63, 3.8) is 0 Å². The van der Waals surface area contributed by atoms with Gasteiger partial charge >= 0.3 is 0 Å². The molecule has 2 heterocycles. The van der Waals surface area contributed by atoms with Gasteiger partial charge in [-0.2, -0.15) is 0 Å². The second-order valence-electron chi connectivity index (χ2n) is 8.16. The van der Waals surface area contributed by atoms with Crippen LogP contribution in [-0.2, 0) is 22.1 Å². The smallest absolute Gasteiger partial charge is 0.189 e. The minimum atomic E-state index is -4.20. The van der Waals surface area contributed by atoms with Gasteiger partial charge in [0.25, 0.3) is 0 Å². The fourth-order valence-electron chi connectivity index (χ4n) is 4.22. The van der Waals surface area contributed by atoms with Gasteiger partial charge in [0.1, 0.15) is 16.5 Å². The highest BCUT2D eigenvalue weighted by molar-refractivity contribution is 7.90. The van der Waals surface area contributed by atoms with E-state index in [0.717, 1.165) is 32.1 Å². The van der Waals surface area contributed by atoms with Crippen LogP contribution in [0.4, 0.5) is 14.5 Å². The van der Waals surface area contributed by atoms with Crippen LogP contribution in [0, 0.1) is 18.6 Å². The highest BCUT2D eigenvalue weighted by atomic mass is 32.2. The van der Waals surface area contributed by atoms with E-state index in [1.807, 2.05) is 23.1 Å². The Morgan fingerprint density at radius 2 is 2.00 bits per heavy atom. The molecule has 170 valence electrons. The van der Waals surface area contributed by atoms with E-state index in [4.69, 9.17) is 0 Å². The van der Waals surface area contributed by atoms with Gasteiger partial charge < -0.3 is 4.90 Å². The van der Waals surface area contributed by atoms with E-state index in [9.17, 15) is 12.8 Å². The van der Waals surface area contributed by atoms with Crippen LogP contribution in [0.25, 0.3) is 0 Å². The molecule has 3 aromatic rings. The average Bonchev–Trinajstić information content (AvgIpc) is 3.42. The largest absolute Gasteiger partial charge is 0.370 e. The predicted octanol–water partition coefficient (Wildman–Crippen LogP) is 4.41. The van der Waals surface area contributed by atoms with Gasteiger partial charge in [-0.3, -0.25) is 4.90 Å². The first-order chi connectivity index (χ1) is 15.3. The number of thiazole rings is 1. The van der Waals surface area contributed by atoms with Crippen molar-refractivity contribution in [2.75, 3.05) is 25.0 Å². The van der Waals surface area contributed by atoms with Crippen molar-refractivity contribution < 1.29 is 17.2 Å². The number of rotatable bonds is 7. The quantitative estimate of drug-likeness (QED) is 0.505. The Balaban J connectivity index is 1.54. The van der Waals surface area contributed by atoms with Crippen LogP contribution in [0.1, 0.15) is 23.2 Å². The summed E-state index contributed by atoms with van der Waals surface area (Å²) in [6.45, 7) is 3.96. The van der Waals surface area contributed by atoms with E-state index < -0.39 is 32.1 Å². The first kappa shape index (κ1) is 22.8. The summed E-state index contributed by atoms with van der Waals surface area (Å²) in [5.74, 6) is -2.62. The zero-order valence-corrected chi connectivity index (χ0v) is 19.6. The van der Waals surface area contributed by atoms with Gasteiger partial charge in [-0.05, 0) is 25.0 Å². The molecule has 32 heavy (non-hydrogen) atoms. The maximum Gasteiger partial charge on any atom is 0.189 e. The summed E-state index contributed by atoms with van der Waals surface area (Å²) in [7, 11) is -2.40. The molecule has 1 aromatic heterocycles. The summed E-state index contributed by atoms with van der Waals surface area (Å²) < 4.78 is 55.6. The molecule has 1 atom stereocenters. The van der Waals surface area contributed by atoms with Crippen molar-refractivity contribution in [1.82, 2.24) is 9.88 Å². The molecule has 0 bridgehead atoms. The molecule has 4 rings (SSSR count). The Bertz CT molecular complexity index is 1190. The monoisotopic (exact) mass is 477 g/mol. The third kappa shape index (κ3) is 4.69. The number of benzene rings is 2. The summed E-state index contributed by atoms with van der Waals surface area (Å²) in [6.07, 6.45) is 0.857. The van der Waals surface area contributed by atoms with Crippen molar-refractivity contribution in [3.8, 4) is 0 Å². The molecule has 0 unspecified atom stereocenters. The van der Waals surface area contributed by atoms with Gasteiger partial charge in [-0.1, -0.05) is 30.3 Å². The molecule has 0 aliphatic carbocycles. The SMILES string of the molecule is Cc1c(N(C)[C@H]2CCN(Cc3ccccc3)C2)cc(F)c(S(=O)(=O)Cc2cscn2)c1F. The molecule has 1 fully saturated rings. The van der Waals surface area contributed by atoms with Crippen LogP contribution in [0.5, 0.6) is 0 Å². The van der Waals surface area contributed by atoms with E-state index in [-0.39, 0.29) is 17.3 Å². The molecular formula is C23H25F2N3O2S2. The molecular weight excluding hydrogens is 452 g/mol. The Morgan fingerprint density at radius 3 is 2.69 bits per heavy atom. The molecule has 0 spiro atoms. The molecule has 0 N–H and O–H groups in total. The minimum Gasteiger partial charge on any atom is -0.370 e. The number of anilines is 1. The summed E-state index contributed by atoms with van der Waals surface area (Å²) in [6, 6.07) is 11.4. The van der Waals surface area contributed by atoms with Crippen molar-refractivity contribution in [3.05, 3.63) is 75.7 Å². The fraction of sp³-hybridized carbons (Fsp3) is 0.348. The summed E-state index contributed by atoms with van der Waals surface area (Å²) in [5.41, 5.74) is 3.49. The Kier molecular flexibility index (Phi) is 6.60. The van der Waals surface area contributed by atoms with Crippen LogP contribution < -0.4 is 4.90 Å². The lowest BCUT2D eigenvalue weighted by molar-refractivity contribution is 0.326. The summed E-state index contributed by atoms with van der Waals surface area (Å²) in [4.78, 5) is 7.22. The second kappa shape index (κ2) is 9.25. The normalized spacial score (nSPS) is 17.1. The number of nitrogens with zero attached hydrogens (tertiary/aromatic N) is 3. The molecule has 5 nitrogen and oxygen atoms in total. The van der Waals surface area contributed by atoms with Crippen molar-refractivity contribution in [2.24, 2.45) is 0 Å². The number of aromatic nitrogens is 1. The topological polar surface area (TPSA) is 53.5 Å². The number of likely N-dealkylation sites (tertiary alicyclic amines) is 1. The number of likely N-dealkylation sites (N-methyl/N-ethyl adjacent to an activating group) is 1. The number of hydrogen-bond donors (Lipinski definition) is 0. The van der Waals surface area contributed by atoms with E-state index in [1.54, 1.807) is 12.4 Å². The molecule has 0 amide bonds. The lowest BCUT2D eigenvalue weighted by Gasteiger charge is -2.29. The first-order valence-corrected chi connectivity index (χ1v) is 12.9. The van der Waals surface area contributed by atoms with E-state index in [0.29, 0.717) is 5.69 Å². The molecule has 1 aliphatic heterocycles. The van der Waals surface area contributed by atoms with Gasteiger partial charge in [-0.15, -0.1) is 11.3 Å². The van der Waals surface area contributed by atoms with Crippen molar-refractivity contribution in [1.29, 1.82) is 0 Å². The first-order valence-electron chi connectivity index (χ1n) is 10.3. The Hall–Kier alpha value is -2.36. The second-order valence-corrected chi connectivity index (χ2v) is 10.8. The van der Waals surface area contributed by atoms with Crippen LogP contribution in [-0.4, -0.2) is 44.5 Å². The third-order valence-electron chi connectivity index (χ3n) is 5.95. The number of sulfone groups is 1. The van der Waals surface area contributed by atoms with Gasteiger partial charge in [0.05, 0.1) is 17.0 Å². The maximum atomic E-state index is 15.2. The predicted molar refractivity (Wildman–Crippen MR) is 123 cm³/mol. The van der Waals surface area contributed by atoms with Crippen LogP contribution in [0.15, 0.2) is 52.2 Å². The molecule has 1 aliphatic rings.